The van der Waals surface area contributed by atoms with Crippen LogP contribution >= 0.6 is 11.6 Å². The van der Waals surface area contributed by atoms with Crippen LogP contribution in [0, 0.1) is 11.6 Å². The lowest BCUT2D eigenvalue weighted by molar-refractivity contribution is 0.141. The van der Waals surface area contributed by atoms with Crippen molar-refractivity contribution in [2.45, 2.75) is 6.42 Å². The van der Waals surface area contributed by atoms with Crippen LogP contribution in [0.15, 0.2) is 12.1 Å². The summed E-state index contributed by atoms with van der Waals surface area (Å²) in [6.45, 7) is 0.238. The quantitative estimate of drug-likeness (QED) is 0.608. The molecule has 0 bridgehead atoms. The molecule has 1 aromatic rings. The van der Waals surface area contributed by atoms with Gasteiger partial charge < -0.3 is 4.84 Å². The molecule has 0 unspecified atom stereocenters. The van der Waals surface area contributed by atoms with E-state index < -0.39 is 11.6 Å². The minimum absolute atomic E-state index is 0.230. The van der Waals surface area contributed by atoms with Gasteiger partial charge in [0.25, 0.3) is 0 Å². The Labute approximate surface area is 79.2 Å². The maximum Gasteiger partial charge on any atom is 0.177 e. The molecule has 0 heterocycles. The summed E-state index contributed by atoms with van der Waals surface area (Å²) in [7, 11) is 0. The van der Waals surface area contributed by atoms with Gasteiger partial charge in [0.05, 0.1) is 11.6 Å². The number of hydrogen-bond donors (Lipinski definition) is 1. The summed E-state index contributed by atoms with van der Waals surface area (Å²) in [5.74, 6) is 2.79. The second-order valence-electron chi connectivity index (χ2n) is 2.49. The summed E-state index contributed by atoms with van der Waals surface area (Å²) >= 11 is 5.41. The average molecular weight is 208 g/mol. The lowest BCUT2D eigenvalue weighted by Crippen LogP contribution is -2.04. The SMILES string of the molecule is NOCCc1cc(F)c(F)c(Cl)c1. The Hall–Kier alpha value is -0.710. The van der Waals surface area contributed by atoms with Crippen molar-refractivity contribution in [2.75, 3.05) is 6.61 Å². The summed E-state index contributed by atoms with van der Waals surface area (Å²) in [5.41, 5.74) is 0.550. The van der Waals surface area contributed by atoms with Crippen molar-refractivity contribution in [3.05, 3.63) is 34.4 Å². The van der Waals surface area contributed by atoms with E-state index in [1.165, 1.54) is 6.07 Å². The van der Waals surface area contributed by atoms with Gasteiger partial charge in [-0.1, -0.05) is 11.6 Å². The molecule has 2 nitrogen and oxygen atoms in total. The van der Waals surface area contributed by atoms with Gasteiger partial charge in [-0.2, -0.15) is 0 Å². The first-order chi connectivity index (χ1) is 6.15. The first kappa shape index (κ1) is 10.4. The minimum Gasteiger partial charge on any atom is -0.304 e. The van der Waals surface area contributed by atoms with Crippen LogP contribution in [0.25, 0.3) is 0 Å². The first-order valence-electron chi connectivity index (χ1n) is 3.60. The molecule has 0 aliphatic heterocycles. The predicted molar refractivity (Wildman–Crippen MR) is 45.2 cm³/mol. The molecule has 0 atom stereocenters. The molecule has 0 aliphatic rings. The Balaban J connectivity index is 2.86. The highest BCUT2D eigenvalue weighted by Crippen LogP contribution is 2.19. The molecular formula is C8H8ClF2NO. The van der Waals surface area contributed by atoms with E-state index in [1.807, 2.05) is 0 Å². The van der Waals surface area contributed by atoms with E-state index in [1.54, 1.807) is 0 Å². The number of nitrogens with two attached hydrogens (primary N) is 1. The smallest absolute Gasteiger partial charge is 0.177 e. The molecule has 0 aliphatic carbocycles. The standard InChI is InChI=1S/C8H8ClF2NO/c9-6-3-5(1-2-13-12)4-7(10)8(6)11/h3-4H,1-2,12H2. The van der Waals surface area contributed by atoms with Gasteiger partial charge in [0, 0.05) is 0 Å². The molecule has 0 aromatic heterocycles. The van der Waals surface area contributed by atoms with Crippen molar-refractivity contribution in [1.82, 2.24) is 0 Å². The van der Waals surface area contributed by atoms with Gasteiger partial charge in [0.15, 0.2) is 11.6 Å². The van der Waals surface area contributed by atoms with Crippen LogP contribution in [0.3, 0.4) is 0 Å². The zero-order chi connectivity index (χ0) is 9.84. The van der Waals surface area contributed by atoms with Crippen LogP contribution < -0.4 is 5.90 Å². The van der Waals surface area contributed by atoms with Crippen molar-refractivity contribution in [1.29, 1.82) is 0 Å². The Bertz CT molecular complexity index is 283. The Morgan fingerprint density at radius 2 is 2.08 bits per heavy atom. The van der Waals surface area contributed by atoms with Crippen molar-refractivity contribution >= 4 is 11.6 Å². The second kappa shape index (κ2) is 4.50. The van der Waals surface area contributed by atoms with E-state index in [0.717, 1.165) is 6.07 Å². The summed E-state index contributed by atoms with van der Waals surface area (Å²) in [6, 6.07) is 2.42. The zero-order valence-corrected chi connectivity index (χ0v) is 7.44. The minimum atomic E-state index is -1.03. The largest absolute Gasteiger partial charge is 0.304 e. The van der Waals surface area contributed by atoms with Crippen molar-refractivity contribution < 1.29 is 13.6 Å². The van der Waals surface area contributed by atoms with Gasteiger partial charge in [-0.15, -0.1) is 0 Å². The molecule has 0 saturated carbocycles. The fourth-order valence-corrected chi connectivity index (χ4v) is 1.16. The van der Waals surface area contributed by atoms with Crippen LogP contribution in [0.5, 0.6) is 0 Å². The average Bonchev–Trinajstić information content (AvgIpc) is 2.10. The van der Waals surface area contributed by atoms with Gasteiger partial charge in [-0.25, -0.2) is 14.7 Å². The molecule has 0 saturated heterocycles. The van der Waals surface area contributed by atoms with E-state index in [-0.39, 0.29) is 11.6 Å². The third-order valence-corrected chi connectivity index (χ3v) is 1.83. The molecule has 0 amide bonds. The van der Waals surface area contributed by atoms with Crippen molar-refractivity contribution in [3.63, 3.8) is 0 Å². The van der Waals surface area contributed by atoms with Gasteiger partial charge >= 0.3 is 0 Å². The summed E-state index contributed by atoms with van der Waals surface area (Å²) in [6.07, 6.45) is 0.396. The molecule has 0 spiro atoms. The second-order valence-corrected chi connectivity index (χ2v) is 2.90. The van der Waals surface area contributed by atoms with E-state index in [0.29, 0.717) is 12.0 Å². The van der Waals surface area contributed by atoms with Gasteiger partial charge in [0.1, 0.15) is 0 Å². The Morgan fingerprint density at radius 1 is 1.38 bits per heavy atom. The molecule has 13 heavy (non-hydrogen) atoms. The first-order valence-corrected chi connectivity index (χ1v) is 3.98. The molecule has 0 fully saturated rings. The van der Waals surface area contributed by atoms with E-state index in [2.05, 4.69) is 4.84 Å². The van der Waals surface area contributed by atoms with Crippen LogP contribution in [0.1, 0.15) is 5.56 Å². The normalized spacial score (nSPS) is 10.5. The molecular weight excluding hydrogens is 200 g/mol. The summed E-state index contributed by atoms with van der Waals surface area (Å²) in [4.78, 5) is 4.30. The highest BCUT2D eigenvalue weighted by molar-refractivity contribution is 6.30. The van der Waals surface area contributed by atoms with E-state index in [9.17, 15) is 8.78 Å². The lowest BCUT2D eigenvalue weighted by atomic mass is 10.1. The number of hydrogen-bond acceptors (Lipinski definition) is 2. The molecule has 0 radical (unpaired) electrons. The topological polar surface area (TPSA) is 35.2 Å². The van der Waals surface area contributed by atoms with Crippen LogP contribution in [-0.2, 0) is 11.3 Å². The van der Waals surface area contributed by atoms with Crippen LogP contribution in [-0.4, -0.2) is 6.61 Å². The number of rotatable bonds is 3. The molecule has 1 aromatic carbocycles. The maximum atomic E-state index is 12.7. The number of halogens is 3. The van der Waals surface area contributed by atoms with Crippen LogP contribution in [0.2, 0.25) is 5.02 Å². The van der Waals surface area contributed by atoms with Gasteiger partial charge in [-0.3, -0.25) is 0 Å². The molecule has 72 valence electrons. The highest BCUT2D eigenvalue weighted by Gasteiger charge is 2.08. The fourth-order valence-electron chi connectivity index (χ4n) is 0.929. The van der Waals surface area contributed by atoms with Gasteiger partial charge in [0.2, 0.25) is 0 Å². The fraction of sp³-hybridized carbons (Fsp3) is 0.250. The molecule has 5 heteroatoms. The molecule has 2 N–H and O–H groups in total. The predicted octanol–water partition coefficient (Wildman–Crippen LogP) is 2.05. The third-order valence-electron chi connectivity index (χ3n) is 1.55. The number of benzene rings is 1. The van der Waals surface area contributed by atoms with Gasteiger partial charge in [-0.05, 0) is 24.1 Å². The maximum absolute atomic E-state index is 12.7. The molecule has 1 rings (SSSR count). The van der Waals surface area contributed by atoms with Crippen molar-refractivity contribution in [2.24, 2.45) is 5.90 Å². The van der Waals surface area contributed by atoms with Crippen molar-refractivity contribution in [3.8, 4) is 0 Å². The summed E-state index contributed by atoms with van der Waals surface area (Å²) in [5, 5.41) is -0.230. The van der Waals surface area contributed by atoms with Crippen LogP contribution in [0.4, 0.5) is 8.78 Å². The lowest BCUT2D eigenvalue weighted by Gasteiger charge is -2.02. The summed E-state index contributed by atoms with van der Waals surface area (Å²) < 4.78 is 25.4. The highest BCUT2D eigenvalue weighted by atomic mass is 35.5. The monoisotopic (exact) mass is 207 g/mol. The third kappa shape index (κ3) is 2.62. The van der Waals surface area contributed by atoms with E-state index >= 15 is 0 Å². The van der Waals surface area contributed by atoms with E-state index in [4.69, 9.17) is 17.5 Å². The Kier molecular flexibility index (Phi) is 3.59. The Morgan fingerprint density at radius 3 is 2.62 bits per heavy atom. The zero-order valence-electron chi connectivity index (χ0n) is 6.69.